The van der Waals surface area contributed by atoms with E-state index < -0.39 is 70.4 Å². The lowest BCUT2D eigenvalue weighted by Crippen LogP contribution is -2.76. The number of aliphatic hydroxyl groups excluding tert-OH is 3. The van der Waals surface area contributed by atoms with Crippen molar-refractivity contribution >= 4 is 29.5 Å². The fourth-order valence-electron chi connectivity index (χ4n) is 6.63. The van der Waals surface area contributed by atoms with Gasteiger partial charge >= 0.3 is 0 Å². The number of rotatable bonds is 4. The average Bonchev–Trinajstić information content (AvgIpc) is 2.88. The molecule has 0 bridgehead atoms. The maximum Gasteiger partial charge on any atom is 0.230 e. The zero-order valence-corrected chi connectivity index (χ0v) is 21.1. The molecule has 204 valence electrons. The number of fused-ring (bicyclic) bond motifs is 3. The fourth-order valence-corrected chi connectivity index (χ4v) is 6.63. The third-order valence-electron chi connectivity index (χ3n) is 8.41. The molecule has 7 atom stereocenters. The monoisotopic (exact) mass is 536 g/mol. The van der Waals surface area contributed by atoms with Crippen LogP contribution < -0.4 is 5.73 Å². The van der Waals surface area contributed by atoms with Crippen LogP contribution in [0.15, 0.2) is 42.0 Å². The number of Topliss-reactive ketones (excluding diaryl/α,β-unsaturated/α-hetero) is 2. The highest BCUT2D eigenvalue weighted by atomic mass is 16.3. The Balaban J connectivity index is 1.73. The van der Waals surface area contributed by atoms with Gasteiger partial charge in [-0.3, -0.25) is 19.2 Å². The number of aliphatic hydroxyl groups is 4. The fraction of sp³-hybridized carbons (Fsp3) is 0.357. The maximum atomic E-state index is 13.9. The number of amides is 1. The van der Waals surface area contributed by atoms with Crippen LogP contribution in [-0.2, 0) is 20.8 Å². The average molecular weight is 537 g/mol. The zero-order valence-electron chi connectivity index (χ0n) is 21.1. The van der Waals surface area contributed by atoms with Crippen molar-refractivity contribution < 1.29 is 44.7 Å². The van der Waals surface area contributed by atoms with Crippen LogP contribution in [0, 0.1) is 17.8 Å². The minimum absolute atomic E-state index is 0.0724. The Kier molecular flexibility index (Phi) is 6.22. The van der Waals surface area contributed by atoms with Gasteiger partial charge in [-0.05, 0) is 43.3 Å². The molecule has 0 heterocycles. The summed E-state index contributed by atoms with van der Waals surface area (Å²) in [6.45, 7) is 0. The standard InChI is InChI=1S/C28H28N2O9/c1-30(2)21-20-22(33)15-9-14-13(12-5-3-11(10-31)4-6-12)7-8-16(32)17(14)23(34)18(15)25(36)28(20,39)26(37)19(24(21)35)27(29)38/h3-8,10,15,19-22,24,32-35,39H,9H2,1-2H3,(H2,29,38)/t15-,19?,20-,21+,22+,24?,28+/m0/s1. The van der Waals surface area contributed by atoms with E-state index in [1.54, 1.807) is 30.3 Å². The Morgan fingerprint density at radius 2 is 1.69 bits per heavy atom. The van der Waals surface area contributed by atoms with Crippen LogP contribution >= 0.6 is 0 Å². The highest BCUT2D eigenvalue weighted by Gasteiger charge is 2.70. The van der Waals surface area contributed by atoms with Gasteiger partial charge < -0.3 is 36.2 Å². The normalized spacial score (nSPS) is 31.9. The van der Waals surface area contributed by atoms with Crippen LogP contribution in [-0.4, -0.2) is 92.1 Å². The Bertz CT molecular complexity index is 1450. The molecule has 3 aliphatic carbocycles. The van der Waals surface area contributed by atoms with Gasteiger partial charge in [0.2, 0.25) is 11.7 Å². The molecule has 5 rings (SSSR count). The van der Waals surface area contributed by atoms with Gasteiger partial charge in [0.25, 0.3) is 0 Å². The minimum Gasteiger partial charge on any atom is -0.507 e. The van der Waals surface area contributed by atoms with E-state index in [0.717, 1.165) is 0 Å². The molecule has 0 aromatic heterocycles. The first kappa shape index (κ1) is 26.7. The van der Waals surface area contributed by atoms with E-state index in [0.29, 0.717) is 28.5 Å². The smallest absolute Gasteiger partial charge is 0.230 e. The number of nitrogens with two attached hydrogens (primary N) is 1. The van der Waals surface area contributed by atoms with Gasteiger partial charge in [0.1, 0.15) is 23.7 Å². The number of carbonyl (C=O) groups excluding carboxylic acids is 4. The molecule has 2 aromatic rings. The molecule has 2 saturated carbocycles. The van der Waals surface area contributed by atoms with E-state index >= 15 is 0 Å². The summed E-state index contributed by atoms with van der Waals surface area (Å²) in [6.07, 6.45) is -2.74. The lowest BCUT2D eigenvalue weighted by molar-refractivity contribution is -0.198. The molecule has 0 saturated heterocycles. The molecule has 39 heavy (non-hydrogen) atoms. The van der Waals surface area contributed by atoms with E-state index in [-0.39, 0.29) is 17.7 Å². The lowest BCUT2D eigenvalue weighted by Gasteiger charge is -2.55. The number of aldehydes is 1. The van der Waals surface area contributed by atoms with Crippen LogP contribution in [0.1, 0.15) is 21.5 Å². The maximum absolute atomic E-state index is 13.9. The first-order valence-electron chi connectivity index (χ1n) is 12.3. The SMILES string of the molecule is CN(C)[C@H]1C(O)C(C(N)=O)C(=O)[C@]2(O)C(=O)C3=C(O)c4c(O)ccc(-c5ccc(C=O)cc5)c4C[C@@H]3[C@@H](O)[C@H]12. The van der Waals surface area contributed by atoms with E-state index in [2.05, 4.69) is 0 Å². The summed E-state index contributed by atoms with van der Waals surface area (Å²) in [6, 6.07) is 8.23. The van der Waals surface area contributed by atoms with Crippen LogP contribution in [0.3, 0.4) is 0 Å². The number of likely N-dealkylation sites (N-methyl/N-ethyl adjacent to an activating group) is 1. The quantitative estimate of drug-likeness (QED) is 0.220. The molecule has 0 spiro atoms. The molecule has 11 heteroatoms. The number of benzene rings is 2. The highest BCUT2D eigenvalue weighted by molar-refractivity contribution is 6.25. The third kappa shape index (κ3) is 3.58. The third-order valence-corrected chi connectivity index (χ3v) is 8.41. The number of primary amides is 1. The second kappa shape index (κ2) is 9.09. The van der Waals surface area contributed by atoms with Crippen molar-refractivity contribution in [2.75, 3.05) is 14.1 Å². The van der Waals surface area contributed by atoms with Gasteiger partial charge in [-0.15, -0.1) is 0 Å². The van der Waals surface area contributed by atoms with Crippen molar-refractivity contribution in [3.05, 3.63) is 58.7 Å². The first-order valence-corrected chi connectivity index (χ1v) is 12.3. The number of phenols is 1. The number of hydrogen-bond acceptors (Lipinski definition) is 10. The number of aromatic hydroxyl groups is 1. The number of ketones is 2. The predicted octanol–water partition coefficient (Wildman–Crippen LogP) is -0.421. The molecular weight excluding hydrogens is 508 g/mol. The number of nitrogens with zero attached hydrogens (tertiary/aromatic N) is 1. The molecule has 2 unspecified atom stereocenters. The summed E-state index contributed by atoms with van der Waals surface area (Å²) in [5.74, 6) is -9.52. The molecule has 0 radical (unpaired) electrons. The predicted molar refractivity (Wildman–Crippen MR) is 136 cm³/mol. The Labute approximate surface area is 222 Å². The van der Waals surface area contributed by atoms with E-state index in [9.17, 15) is 44.7 Å². The molecule has 2 fully saturated rings. The number of carbonyl (C=O) groups is 4. The summed E-state index contributed by atoms with van der Waals surface area (Å²) < 4.78 is 0. The summed E-state index contributed by atoms with van der Waals surface area (Å²) in [5, 5.41) is 56.3. The molecule has 7 N–H and O–H groups in total. The summed E-state index contributed by atoms with van der Waals surface area (Å²) in [4.78, 5) is 51.9. The zero-order chi connectivity index (χ0) is 28.5. The first-order chi connectivity index (χ1) is 18.4. The van der Waals surface area contributed by atoms with Gasteiger partial charge in [-0.1, -0.05) is 30.3 Å². The van der Waals surface area contributed by atoms with Gasteiger partial charge in [-0.2, -0.15) is 0 Å². The summed E-state index contributed by atoms with van der Waals surface area (Å²) in [5.41, 5.74) is 3.88. The Morgan fingerprint density at radius 3 is 2.26 bits per heavy atom. The number of phenolic OH excluding ortho intramolecular Hbond substituents is 1. The van der Waals surface area contributed by atoms with Crippen molar-refractivity contribution in [1.82, 2.24) is 4.90 Å². The molecule has 0 aliphatic heterocycles. The van der Waals surface area contributed by atoms with Crippen LogP contribution in [0.4, 0.5) is 0 Å². The Morgan fingerprint density at radius 1 is 1.05 bits per heavy atom. The van der Waals surface area contributed by atoms with Crippen molar-refractivity contribution in [1.29, 1.82) is 0 Å². The second-order valence-corrected chi connectivity index (χ2v) is 10.6. The summed E-state index contributed by atoms with van der Waals surface area (Å²) in [7, 11) is 3.00. The van der Waals surface area contributed by atoms with Crippen molar-refractivity contribution in [3.63, 3.8) is 0 Å². The van der Waals surface area contributed by atoms with Gasteiger partial charge in [0, 0.05) is 29.0 Å². The van der Waals surface area contributed by atoms with Crippen LogP contribution in [0.25, 0.3) is 16.9 Å². The lowest BCUT2D eigenvalue weighted by atomic mass is 9.53. The van der Waals surface area contributed by atoms with Gasteiger partial charge in [-0.25, -0.2) is 0 Å². The molecule has 11 nitrogen and oxygen atoms in total. The number of hydrogen-bond donors (Lipinski definition) is 6. The molecule has 2 aromatic carbocycles. The van der Waals surface area contributed by atoms with Gasteiger partial charge in [0.15, 0.2) is 11.4 Å². The van der Waals surface area contributed by atoms with Gasteiger partial charge in [0.05, 0.1) is 17.8 Å². The Hall–Kier alpha value is -3.90. The highest BCUT2D eigenvalue weighted by Crippen LogP contribution is 2.53. The minimum atomic E-state index is -2.97. The van der Waals surface area contributed by atoms with E-state index in [4.69, 9.17) is 5.73 Å². The summed E-state index contributed by atoms with van der Waals surface area (Å²) >= 11 is 0. The van der Waals surface area contributed by atoms with E-state index in [1.165, 1.54) is 25.1 Å². The van der Waals surface area contributed by atoms with Crippen molar-refractivity contribution in [3.8, 4) is 16.9 Å². The molecule has 3 aliphatic rings. The van der Waals surface area contributed by atoms with Crippen molar-refractivity contribution in [2.24, 2.45) is 23.5 Å². The largest absolute Gasteiger partial charge is 0.507 e. The molecular formula is C28H28N2O9. The second-order valence-electron chi connectivity index (χ2n) is 10.6. The van der Waals surface area contributed by atoms with Crippen LogP contribution in [0.2, 0.25) is 0 Å². The van der Waals surface area contributed by atoms with Crippen molar-refractivity contribution in [2.45, 2.75) is 30.3 Å². The molecule has 1 amide bonds. The van der Waals surface area contributed by atoms with Crippen LogP contribution in [0.5, 0.6) is 5.75 Å². The van der Waals surface area contributed by atoms with E-state index in [1.807, 2.05) is 0 Å². The topological polar surface area (TPSA) is 199 Å².